The van der Waals surface area contributed by atoms with E-state index >= 15 is 0 Å². The molecule has 1 aromatic rings. The minimum Gasteiger partial charge on any atom is -0.385 e. The van der Waals surface area contributed by atoms with Gasteiger partial charge in [-0.2, -0.15) is 0 Å². The van der Waals surface area contributed by atoms with Crippen LogP contribution >= 0.6 is 11.8 Å². The molecule has 1 aromatic carbocycles. The normalized spacial score (nSPS) is 10.8. The average molecular weight is 261 g/mol. The van der Waals surface area contributed by atoms with E-state index in [2.05, 4.69) is 0 Å². The third-order valence-electron chi connectivity index (χ3n) is 2.23. The smallest absolute Gasteiger partial charge is 0.140 e. The van der Waals surface area contributed by atoms with Crippen molar-refractivity contribution in [2.45, 2.75) is 17.7 Å². The van der Waals surface area contributed by atoms with Gasteiger partial charge in [-0.1, -0.05) is 0 Å². The van der Waals surface area contributed by atoms with Crippen molar-refractivity contribution in [1.29, 1.82) is 0 Å². The molecular weight excluding hydrogens is 244 g/mol. The summed E-state index contributed by atoms with van der Waals surface area (Å²) in [6.45, 7) is 0.987. The van der Waals surface area contributed by atoms with Crippen LogP contribution in [0.25, 0.3) is 0 Å². The van der Waals surface area contributed by atoms with Gasteiger partial charge in [-0.25, -0.2) is 8.78 Å². The van der Waals surface area contributed by atoms with Crippen molar-refractivity contribution in [3.63, 3.8) is 0 Å². The summed E-state index contributed by atoms with van der Waals surface area (Å²) in [4.78, 5) is 0.0851. The number of ether oxygens (including phenoxy) is 1. The lowest BCUT2D eigenvalue weighted by Crippen LogP contribution is -2.04. The third-order valence-corrected chi connectivity index (χ3v) is 3.40. The third kappa shape index (κ3) is 4.61. The summed E-state index contributed by atoms with van der Waals surface area (Å²) in [5.74, 6) is -0.371. The largest absolute Gasteiger partial charge is 0.385 e. The summed E-state index contributed by atoms with van der Waals surface area (Å²) in [6.07, 6.45) is 1.26. The zero-order valence-electron chi connectivity index (χ0n) is 9.84. The number of halogens is 2. The van der Waals surface area contributed by atoms with Crippen molar-refractivity contribution in [2.75, 3.05) is 26.0 Å². The lowest BCUT2D eigenvalue weighted by Gasteiger charge is -2.07. The van der Waals surface area contributed by atoms with Crippen molar-refractivity contribution in [3.8, 4) is 0 Å². The van der Waals surface area contributed by atoms with Gasteiger partial charge in [0.25, 0.3) is 0 Å². The number of hydrogen-bond donors (Lipinski definition) is 1. The molecule has 0 amide bonds. The summed E-state index contributed by atoms with van der Waals surface area (Å²) in [7, 11) is 1.60. The van der Waals surface area contributed by atoms with Crippen molar-refractivity contribution in [1.82, 2.24) is 0 Å². The summed E-state index contributed by atoms with van der Waals surface area (Å²) >= 11 is 1.18. The van der Waals surface area contributed by atoms with Crippen LogP contribution in [0, 0.1) is 11.6 Å². The van der Waals surface area contributed by atoms with E-state index in [1.807, 2.05) is 0 Å². The molecule has 0 aromatic heterocycles. The second kappa shape index (κ2) is 7.63. The highest BCUT2D eigenvalue weighted by Crippen LogP contribution is 2.27. The minimum absolute atomic E-state index is 0.0851. The zero-order chi connectivity index (χ0) is 12.7. The van der Waals surface area contributed by atoms with Crippen LogP contribution in [-0.2, 0) is 11.2 Å². The second-order valence-electron chi connectivity index (χ2n) is 3.62. The molecule has 0 heterocycles. The molecule has 0 atom stereocenters. The fourth-order valence-electron chi connectivity index (χ4n) is 1.44. The first-order valence-electron chi connectivity index (χ1n) is 5.48. The number of hydrogen-bond acceptors (Lipinski definition) is 3. The molecule has 96 valence electrons. The molecule has 0 radical (unpaired) electrons. The molecule has 5 heteroatoms. The van der Waals surface area contributed by atoms with Gasteiger partial charge in [0.15, 0.2) is 0 Å². The van der Waals surface area contributed by atoms with Gasteiger partial charge < -0.3 is 10.5 Å². The van der Waals surface area contributed by atoms with Crippen LogP contribution in [0.4, 0.5) is 8.78 Å². The van der Waals surface area contributed by atoms with E-state index in [9.17, 15) is 8.78 Å². The van der Waals surface area contributed by atoms with Gasteiger partial charge in [-0.15, -0.1) is 11.8 Å². The van der Waals surface area contributed by atoms with Crippen LogP contribution in [-0.4, -0.2) is 26.0 Å². The molecule has 2 nitrogen and oxygen atoms in total. The van der Waals surface area contributed by atoms with Crippen LogP contribution in [0.2, 0.25) is 0 Å². The van der Waals surface area contributed by atoms with E-state index in [4.69, 9.17) is 10.5 Å². The van der Waals surface area contributed by atoms with Crippen LogP contribution in [0.5, 0.6) is 0 Å². The van der Waals surface area contributed by atoms with E-state index in [0.29, 0.717) is 30.9 Å². The molecule has 0 saturated heterocycles. The summed E-state index contributed by atoms with van der Waals surface area (Å²) in [5, 5.41) is 0. The van der Waals surface area contributed by atoms with Gasteiger partial charge in [-0.3, -0.25) is 0 Å². The summed E-state index contributed by atoms with van der Waals surface area (Å²) < 4.78 is 32.1. The van der Waals surface area contributed by atoms with Gasteiger partial charge in [0.05, 0.1) is 4.90 Å². The Morgan fingerprint density at radius 2 is 1.94 bits per heavy atom. The first-order valence-corrected chi connectivity index (χ1v) is 6.47. The number of nitrogens with two attached hydrogens (primary N) is 1. The van der Waals surface area contributed by atoms with E-state index in [-0.39, 0.29) is 4.90 Å². The Labute approximate surface area is 105 Å². The minimum atomic E-state index is -0.504. The maximum absolute atomic E-state index is 13.6. The maximum Gasteiger partial charge on any atom is 0.140 e. The Kier molecular flexibility index (Phi) is 6.47. The monoisotopic (exact) mass is 261 g/mol. The second-order valence-corrected chi connectivity index (χ2v) is 4.73. The molecule has 0 unspecified atom stereocenters. The van der Waals surface area contributed by atoms with Gasteiger partial charge in [0.2, 0.25) is 0 Å². The summed E-state index contributed by atoms with van der Waals surface area (Å²) in [5.41, 5.74) is 5.95. The molecule has 0 spiro atoms. The highest BCUT2D eigenvalue weighted by Gasteiger charge is 2.11. The Morgan fingerprint density at radius 3 is 2.47 bits per heavy atom. The highest BCUT2D eigenvalue weighted by molar-refractivity contribution is 7.99. The number of thioether (sulfide) groups is 1. The topological polar surface area (TPSA) is 35.2 Å². The Bertz CT molecular complexity index is 337. The number of rotatable bonds is 7. The molecule has 0 aliphatic carbocycles. The standard InChI is InChI=1S/C12H17F2NOS/c1-16-5-2-6-17-12-10(13)7-9(3-4-15)8-11(12)14/h7-8H,2-6,15H2,1H3. The average Bonchev–Trinajstić information content (AvgIpc) is 2.27. The fraction of sp³-hybridized carbons (Fsp3) is 0.500. The van der Waals surface area contributed by atoms with Crippen molar-refractivity contribution in [3.05, 3.63) is 29.3 Å². The van der Waals surface area contributed by atoms with Gasteiger partial charge in [0, 0.05) is 19.5 Å². The molecule has 2 N–H and O–H groups in total. The first-order chi connectivity index (χ1) is 8.19. The predicted molar refractivity (Wildman–Crippen MR) is 66.3 cm³/mol. The highest BCUT2D eigenvalue weighted by atomic mass is 32.2. The van der Waals surface area contributed by atoms with Crippen LogP contribution in [0.1, 0.15) is 12.0 Å². The van der Waals surface area contributed by atoms with Gasteiger partial charge in [0.1, 0.15) is 11.6 Å². The lowest BCUT2D eigenvalue weighted by molar-refractivity contribution is 0.200. The summed E-state index contributed by atoms with van der Waals surface area (Å²) in [6, 6.07) is 2.71. The van der Waals surface area contributed by atoms with E-state index < -0.39 is 11.6 Å². The fourth-order valence-corrected chi connectivity index (χ4v) is 2.30. The molecule has 1 rings (SSSR count). The number of methoxy groups -OCH3 is 1. The number of benzene rings is 1. The Morgan fingerprint density at radius 1 is 1.29 bits per heavy atom. The van der Waals surface area contributed by atoms with Crippen LogP contribution in [0.15, 0.2) is 17.0 Å². The molecular formula is C12H17F2NOS. The first kappa shape index (κ1) is 14.4. The quantitative estimate of drug-likeness (QED) is 0.605. The Balaban J connectivity index is 2.65. The van der Waals surface area contributed by atoms with Crippen molar-refractivity contribution < 1.29 is 13.5 Å². The molecule has 0 fully saturated rings. The SMILES string of the molecule is COCCCSc1c(F)cc(CCN)cc1F. The van der Waals surface area contributed by atoms with E-state index in [0.717, 1.165) is 6.42 Å². The van der Waals surface area contributed by atoms with E-state index in [1.54, 1.807) is 7.11 Å². The molecule has 0 aliphatic rings. The van der Waals surface area contributed by atoms with Crippen molar-refractivity contribution >= 4 is 11.8 Å². The van der Waals surface area contributed by atoms with Crippen LogP contribution < -0.4 is 5.73 Å². The van der Waals surface area contributed by atoms with Crippen molar-refractivity contribution in [2.24, 2.45) is 5.73 Å². The maximum atomic E-state index is 13.6. The van der Waals surface area contributed by atoms with Crippen LogP contribution in [0.3, 0.4) is 0 Å². The predicted octanol–water partition coefficient (Wildman–Crippen LogP) is 2.59. The molecule has 0 bridgehead atoms. The molecule has 0 saturated carbocycles. The van der Waals surface area contributed by atoms with Gasteiger partial charge >= 0.3 is 0 Å². The molecule has 0 aliphatic heterocycles. The van der Waals surface area contributed by atoms with E-state index in [1.165, 1.54) is 23.9 Å². The molecule has 17 heavy (non-hydrogen) atoms. The zero-order valence-corrected chi connectivity index (χ0v) is 10.7. The van der Waals surface area contributed by atoms with Gasteiger partial charge in [-0.05, 0) is 37.1 Å². The lowest BCUT2D eigenvalue weighted by atomic mass is 10.1. The Hall–Kier alpha value is -0.650.